The molecule has 1 aromatic heterocycles. The van der Waals surface area contributed by atoms with Gasteiger partial charge in [0.2, 0.25) is 5.78 Å². The molecule has 0 saturated carbocycles. The highest BCUT2D eigenvalue weighted by Gasteiger charge is 2.16. The molecule has 4 heteroatoms. The van der Waals surface area contributed by atoms with Gasteiger partial charge in [-0.1, -0.05) is 23.2 Å². The zero-order valence-electron chi connectivity index (χ0n) is 11.6. The van der Waals surface area contributed by atoms with Crippen molar-refractivity contribution in [2.75, 3.05) is 7.11 Å². The third-order valence-corrected chi connectivity index (χ3v) is 3.62. The average molecular weight is 301 g/mol. The third-order valence-electron chi connectivity index (χ3n) is 3.31. The zero-order valence-corrected chi connectivity index (χ0v) is 12.4. The van der Waals surface area contributed by atoms with Crippen molar-refractivity contribution in [1.82, 2.24) is 0 Å². The lowest BCUT2D eigenvalue weighted by Gasteiger charge is -2.04. The fourth-order valence-corrected chi connectivity index (χ4v) is 2.41. The number of carbonyl (C=O) groups is 1. The third kappa shape index (κ3) is 2.52. The summed E-state index contributed by atoms with van der Waals surface area (Å²) in [6, 6.07) is 12.5. The summed E-state index contributed by atoms with van der Waals surface area (Å²) >= 11 is 5.97. The largest absolute Gasteiger partial charge is 0.495 e. The van der Waals surface area contributed by atoms with E-state index in [1.54, 1.807) is 24.3 Å². The van der Waals surface area contributed by atoms with Crippen molar-refractivity contribution in [3.63, 3.8) is 0 Å². The quantitative estimate of drug-likeness (QED) is 0.662. The Labute approximate surface area is 127 Å². The number of ketones is 1. The molecule has 0 N–H and O–H groups in total. The number of aryl methyl sites for hydroxylation is 1. The van der Waals surface area contributed by atoms with Crippen molar-refractivity contribution < 1.29 is 13.9 Å². The molecule has 1 heterocycles. The minimum absolute atomic E-state index is 0.196. The van der Waals surface area contributed by atoms with Gasteiger partial charge in [-0.25, -0.2) is 0 Å². The SMILES string of the molecule is COc1cc(C(=O)c2cc3cc(C)ccc3o2)ccc1Cl. The molecule has 21 heavy (non-hydrogen) atoms. The standard InChI is InChI=1S/C17H13ClO3/c1-10-3-6-14-12(7-10)9-16(21-14)17(19)11-4-5-13(18)15(8-11)20-2/h3-9H,1-2H3. The Morgan fingerprint density at radius 3 is 2.71 bits per heavy atom. The molecule has 3 aromatic rings. The van der Waals surface area contributed by atoms with Gasteiger partial charge >= 0.3 is 0 Å². The number of rotatable bonds is 3. The first-order valence-corrected chi connectivity index (χ1v) is 6.85. The fraction of sp³-hybridized carbons (Fsp3) is 0.118. The number of hydrogen-bond acceptors (Lipinski definition) is 3. The molecule has 0 aliphatic heterocycles. The number of benzene rings is 2. The smallest absolute Gasteiger partial charge is 0.228 e. The molecule has 0 aliphatic rings. The summed E-state index contributed by atoms with van der Waals surface area (Å²) in [5, 5.41) is 1.38. The topological polar surface area (TPSA) is 39.4 Å². The van der Waals surface area contributed by atoms with E-state index < -0.39 is 0 Å². The summed E-state index contributed by atoms with van der Waals surface area (Å²) in [6.45, 7) is 2.00. The lowest BCUT2D eigenvalue weighted by atomic mass is 10.1. The second-order valence-corrected chi connectivity index (χ2v) is 5.24. The summed E-state index contributed by atoms with van der Waals surface area (Å²) in [5.74, 6) is 0.577. The van der Waals surface area contributed by atoms with E-state index in [0.717, 1.165) is 10.9 Å². The van der Waals surface area contributed by atoms with E-state index in [4.69, 9.17) is 20.8 Å². The summed E-state index contributed by atoms with van der Waals surface area (Å²) < 4.78 is 10.8. The lowest BCUT2D eigenvalue weighted by molar-refractivity contribution is 0.101. The molecular weight excluding hydrogens is 288 g/mol. The monoisotopic (exact) mass is 300 g/mol. The van der Waals surface area contributed by atoms with Gasteiger partial charge in [0, 0.05) is 10.9 Å². The van der Waals surface area contributed by atoms with E-state index >= 15 is 0 Å². The van der Waals surface area contributed by atoms with E-state index in [9.17, 15) is 4.79 Å². The minimum atomic E-state index is -0.196. The molecule has 0 amide bonds. The molecular formula is C17H13ClO3. The summed E-state index contributed by atoms with van der Waals surface area (Å²) in [7, 11) is 1.51. The van der Waals surface area contributed by atoms with Crippen LogP contribution in [-0.2, 0) is 0 Å². The Bertz CT molecular complexity index is 833. The van der Waals surface area contributed by atoms with Crippen molar-refractivity contribution in [2.45, 2.75) is 6.92 Å². The van der Waals surface area contributed by atoms with Gasteiger partial charge in [0.1, 0.15) is 11.3 Å². The molecule has 0 aliphatic carbocycles. The number of carbonyl (C=O) groups excluding carboxylic acids is 1. The van der Waals surface area contributed by atoms with Crippen molar-refractivity contribution in [3.05, 3.63) is 64.4 Å². The van der Waals surface area contributed by atoms with Gasteiger partial charge in [0.05, 0.1) is 12.1 Å². The van der Waals surface area contributed by atoms with Gasteiger partial charge in [0.15, 0.2) is 5.76 Å². The van der Waals surface area contributed by atoms with Crippen LogP contribution >= 0.6 is 11.6 Å². The van der Waals surface area contributed by atoms with Gasteiger partial charge < -0.3 is 9.15 Å². The van der Waals surface area contributed by atoms with Gasteiger partial charge in [-0.05, 0) is 43.3 Å². The first-order valence-electron chi connectivity index (χ1n) is 6.47. The van der Waals surface area contributed by atoms with Crippen LogP contribution in [0.2, 0.25) is 5.02 Å². The number of furan rings is 1. The number of methoxy groups -OCH3 is 1. The molecule has 0 spiro atoms. The molecule has 3 nitrogen and oxygen atoms in total. The Hall–Kier alpha value is -2.26. The molecule has 0 bridgehead atoms. The molecule has 0 unspecified atom stereocenters. The van der Waals surface area contributed by atoms with Crippen LogP contribution in [0.5, 0.6) is 5.75 Å². The molecule has 0 atom stereocenters. The molecule has 0 saturated heterocycles. The van der Waals surface area contributed by atoms with Crippen LogP contribution in [0, 0.1) is 6.92 Å². The summed E-state index contributed by atoms with van der Waals surface area (Å²) in [4.78, 5) is 12.5. The van der Waals surface area contributed by atoms with Crippen LogP contribution in [0.3, 0.4) is 0 Å². The molecule has 0 radical (unpaired) electrons. The molecule has 3 rings (SSSR count). The van der Waals surface area contributed by atoms with Crippen LogP contribution in [0.4, 0.5) is 0 Å². The maximum absolute atomic E-state index is 12.5. The van der Waals surface area contributed by atoms with Gasteiger partial charge in [0.25, 0.3) is 0 Å². The van der Waals surface area contributed by atoms with Gasteiger partial charge in [-0.15, -0.1) is 0 Å². The Balaban J connectivity index is 2.03. The number of ether oxygens (including phenoxy) is 1. The maximum atomic E-state index is 12.5. The van der Waals surface area contributed by atoms with E-state index in [1.165, 1.54) is 7.11 Å². The van der Waals surface area contributed by atoms with Gasteiger partial charge in [-0.3, -0.25) is 4.79 Å². The average Bonchev–Trinajstić information content (AvgIpc) is 2.90. The molecule has 106 valence electrons. The Morgan fingerprint density at radius 2 is 1.95 bits per heavy atom. The Morgan fingerprint density at radius 1 is 1.14 bits per heavy atom. The van der Waals surface area contributed by atoms with Crippen LogP contribution < -0.4 is 4.74 Å². The minimum Gasteiger partial charge on any atom is -0.495 e. The second kappa shape index (κ2) is 5.26. The van der Waals surface area contributed by atoms with Crippen molar-refractivity contribution in [2.24, 2.45) is 0 Å². The number of halogens is 1. The predicted molar refractivity (Wildman–Crippen MR) is 82.4 cm³/mol. The van der Waals surface area contributed by atoms with E-state index in [0.29, 0.717) is 27.7 Å². The van der Waals surface area contributed by atoms with Crippen LogP contribution in [-0.4, -0.2) is 12.9 Å². The predicted octanol–water partition coefficient (Wildman–Crippen LogP) is 4.63. The highest BCUT2D eigenvalue weighted by molar-refractivity contribution is 6.32. The highest BCUT2D eigenvalue weighted by Crippen LogP contribution is 2.28. The van der Waals surface area contributed by atoms with Crippen LogP contribution in [0.25, 0.3) is 11.0 Å². The van der Waals surface area contributed by atoms with Crippen molar-refractivity contribution in [3.8, 4) is 5.75 Å². The van der Waals surface area contributed by atoms with Crippen molar-refractivity contribution >= 4 is 28.4 Å². The zero-order chi connectivity index (χ0) is 15.0. The summed E-state index contributed by atoms with van der Waals surface area (Å²) in [5.41, 5.74) is 2.30. The van der Waals surface area contributed by atoms with E-state index in [-0.39, 0.29) is 5.78 Å². The van der Waals surface area contributed by atoms with E-state index in [2.05, 4.69) is 0 Å². The lowest BCUT2D eigenvalue weighted by Crippen LogP contribution is -2.00. The highest BCUT2D eigenvalue weighted by atomic mass is 35.5. The van der Waals surface area contributed by atoms with Crippen LogP contribution in [0.15, 0.2) is 46.9 Å². The maximum Gasteiger partial charge on any atom is 0.228 e. The molecule has 0 fully saturated rings. The fourth-order valence-electron chi connectivity index (χ4n) is 2.22. The Kier molecular flexibility index (Phi) is 3.43. The number of hydrogen-bond donors (Lipinski definition) is 0. The second-order valence-electron chi connectivity index (χ2n) is 4.83. The molecule has 2 aromatic carbocycles. The first-order chi connectivity index (χ1) is 10.1. The van der Waals surface area contributed by atoms with E-state index in [1.807, 2.05) is 25.1 Å². The van der Waals surface area contributed by atoms with Crippen LogP contribution in [0.1, 0.15) is 21.7 Å². The normalized spacial score (nSPS) is 10.8. The van der Waals surface area contributed by atoms with Crippen molar-refractivity contribution in [1.29, 1.82) is 0 Å². The number of fused-ring (bicyclic) bond motifs is 1. The first kappa shape index (κ1) is 13.7. The van der Waals surface area contributed by atoms with Gasteiger partial charge in [-0.2, -0.15) is 0 Å². The summed E-state index contributed by atoms with van der Waals surface area (Å²) in [6.07, 6.45) is 0.